The number of aromatic hydroxyl groups is 1. The number of carbonyl (C=O) groups is 4. The van der Waals surface area contributed by atoms with Crippen LogP contribution < -0.4 is 10.6 Å². The number of phenolic OH excluding ortho intramolecular Hbond substituents is 1. The second kappa shape index (κ2) is 17.5. The Bertz CT molecular complexity index is 996. The van der Waals surface area contributed by atoms with Gasteiger partial charge in [-0.2, -0.15) is 0 Å². The first-order chi connectivity index (χ1) is 17.5. The first-order valence-electron chi connectivity index (χ1n) is 11.5. The van der Waals surface area contributed by atoms with Crippen LogP contribution in [0.1, 0.15) is 31.4 Å². The number of benzene rings is 2. The molecule has 0 saturated heterocycles. The minimum absolute atomic E-state index is 0.0359. The molecule has 2 amide bonds. The number of alkyl halides is 2. The van der Waals surface area contributed by atoms with E-state index < -0.39 is 30.1 Å². The van der Waals surface area contributed by atoms with Crippen molar-refractivity contribution >= 4 is 55.6 Å². The molecule has 0 fully saturated rings. The first kappa shape index (κ1) is 32.1. The predicted octanol–water partition coefficient (Wildman–Crippen LogP) is 4.19. The van der Waals surface area contributed by atoms with Crippen LogP contribution in [-0.2, 0) is 32.1 Å². The van der Waals surface area contributed by atoms with E-state index in [9.17, 15) is 29.4 Å². The third kappa shape index (κ3) is 13.8. The summed E-state index contributed by atoms with van der Waals surface area (Å²) in [4.78, 5) is 46.7. The van der Waals surface area contributed by atoms with Gasteiger partial charge < -0.3 is 25.6 Å². The fourth-order valence-electron chi connectivity index (χ4n) is 2.99. The summed E-state index contributed by atoms with van der Waals surface area (Å²) in [5.41, 5.74) is 1.45. The van der Waals surface area contributed by atoms with E-state index in [1.807, 2.05) is 44.2 Å². The van der Waals surface area contributed by atoms with Gasteiger partial charge in [-0.1, -0.05) is 88.2 Å². The summed E-state index contributed by atoms with van der Waals surface area (Å²) in [6, 6.07) is 13.1. The number of Topliss-reactive ketones (excluding diaryl/α,β-unsaturated/α-hetero) is 1. The molecule has 0 heterocycles. The van der Waals surface area contributed by atoms with Crippen LogP contribution in [0.4, 0.5) is 4.79 Å². The summed E-state index contributed by atoms with van der Waals surface area (Å²) in [5, 5.41) is 24.8. The zero-order valence-corrected chi connectivity index (χ0v) is 23.8. The minimum Gasteiger partial charge on any atom is -0.508 e. The van der Waals surface area contributed by atoms with Crippen LogP contribution in [0.3, 0.4) is 0 Å². The molecule has 2 aromatic rings. The van der Waals surface area contributed by atoms with Crippen LogP contribution in [-0.4, -0.2) is 56.7 Å². The zero-order valence-electron chi connectivity index (χ0n) is 20.7. The molecule has 2 atom stereocenters. The van der Waals surface area contributed by atoms with E-state index in [-0.39, 0.29) is 30.5 Å². The van der Waals surface area contributed by atoms with Gasteiger partial charge in [0.1, 0.15) is 24.4 Å². The number of carboxylic acids is 1. The number of phenols is 1. The lowest BCUT2D eigenvalue weighted by Gasteiger charge is -2.22. The van der Waals surface area contributed by atoms with E-state index >= 15 is 0 Å². The minimum atomic E-state index is -1.20. The normalized spacial score (nSPS) is 11.9. The van der Waals surface area contributed by atoms with Crippen molar-refractivity contribution in [3.8, 4) is 5.75 Å². The molecule has 11 heteroatoms. The monoisotopic (exact) mass is 642 g/mol. The number of amides is 2. The standard InChI is InChI=1S/C23H28N2O6.C3H4Br2O/c1-15(2)12-19(25-23(30)31-14-17-6-4-3-5-7-17)21(27)24-20(22(28)29)13-16-8-10-18(26)11-9-16;4-1-3(6)2-5/h3-11,15,19-20,26H,12-14H2,1-2H3,(H,24,27)(H,25,30)(H,28,29);1-2H2/t19-,20-;/m0./s1. The number of hydrogen-bond acceptors (Lipinski definition) is 6. The molecule has 9 nitrogen and oxygen atoms in total. The summed E-state index contributed by atoms with van der Waals surface area (Å²) in [6.45, 7) is 3.84. The maximum absolute atomic E-state index is 12.8. The number of ketones is 1. The van der Waals surface area contributed by atoms with E-state index in [0.29, 0.717) is 22.6 Å². The maximum atomic E-state index is 12.8. The molecule has 0 aliphatic heterocycles. The highest BCUT2D eigenvalue weighted by atomic mass is 79.9. The molecular formula is C26H32Br2N2O7. The Kier molecular flexibility index (Phi) is 15.2. The topological polar surface area (TPSA) is 142 Å². The molecular weight excluding hydrogens is 612 g/mol. The molecule has 0 aliphatic rings. The van der Waals surface area contributed by atoms with Gasteiger partial charge >= 0.3 is 12.1 Å². The van der Waals surface area contributed by atoms with Gasteiger partial charge in [0.25, 0.3) is 0 Å². The van der Waals surface area contributed by atoms with Gasteiger partial charge in [-0.3, -0.25) is 9.59 Å². The molecule has 202 valence electrons. The molecule has 0 aliphatic carbocycles. The van der Waals surface area contributed by atoms with Crippen molar-refractivity contribution in [3.05, 3.63) is 65.7 Å². The number of hydrogen-bond donors (Lipinski definition) is 4. The van der Waals surface area contributed by atoms with Gasteiger partial charge in [0.15, 0.2) is 5.78 Å². The highest BCUT2D eigenvalue weighted by molar-refractivity contribution is 9.10. The number of alkyl carbamates (subject to hydrolysis) is 1. The fourth-order valence-corrected chi connectivity index (χ4v) is 3.91. The lowest BCUT2D eigenvalue weighted by atomic mass is 10.0. The quantitative estimate of drug-likeness (QED) is 0.254. The number of carboxylic acid groups (broad SMARTS) is 1. The highest BCUT2D eigenvalue weighted by Gasteiger charge is 2.27. The number of aliphatic carboxylic acids is 1. The van der Waals surface area contributed by atoms with Gasteiger partial charge in [0.2, 0.25) is 5.91 Å². The summed E-state index contributed by atoms with van der Waals surface area (Å²) in [5.74, 6) is -1.48. The van der Waals surface area contributed by atoms with Gasteiger partial charge in [-0.15, -0.1) is 0 Å². The van der Waals surface area contributed by atoms with Crippen molar-refractivity contribution in [1.29, 1.82) is 0 Å². The average Bonchev–Trinajstić information content (AvgIpc) is 2.88. The second-order valence-corrected chi connectivity index (χ2v) is 9.59. The smallest absolute Gasteiger partial charge is 0.408 e. The van der Waals surface area contributed by atoms with E-state index in [0.717, 1.165) is 5.56 Å². The van der Waals surface area contributed by atoms with E-state index in [1.54, 1.807) is 12.1 Å². The van der Waals surface area contributed by atoms with E-state index in [4.69, 9.17) is 4.74 Å². The number of nitrogens with one attached hydrogen (secondary N) is 2. The Balaban J connectivity index is 0.00000102. The van der Waals surface area contributed by atoms with Crippen LogP contribution in [0.15, 0.2) is 54.6 Å². The van der Waals surface area contributed by atoms with Crippen LogP contribution >= 0.6 is 31.9 Å². The Morgan fingerprint density at radius 3 is 1.95 bits per heavy atom. The summed E-state index contributed by atoms with van der Waals surface area (Å²) >= 11 is 5.99. The van der Waals surface area contributed by atoms with Gasteiger partial charge in [-0.25, -0.2) is 9.59 Å². The molecule has 0 radical (unpaired) electrons. The van der Waals surface area contributed by atoms with Crippen molar-refractivity contribution in [2.75, 3.05) is 10.7 Å². The summed E-state index contributed by atoms with van der Waals surface area (Å²) in [6.07, 6.45) is -0.401. The Hall–Kier alpha value is -2.92. The third-order valence-electron chi connectivity index (χ3n) is 4.82. The summed E-state index contributed by atoms with van der Waals surface area (Å²) < 4.78 is 5.18. The van der Waals surface area contributed by atoms with Crippen LogP contribution in [0.2, 0.25) is 0 Å². The van der Waals surface area contributed by atoms with Crippen LogP contribution in [0.5, 0.6) is 5.75 Å². The van der Waals surface area contributed by atoms with E-state index in [1.165, 1.54) is 12.1 Å². The lowest BCUT2D eigenvalue weighted by molar-refractivity contribution is -0.142. The Morgan fingerprint density at radius 2 is 1.46 bits per heavy atom. The first-order valence-corrected chi connectivity index (χ1v) is 13.7. The van der Waals surface area contributed by atoms with Crippen molar-refractivity contribution in [1.82, 2.24) is 10.6 Å². The van der Waals surface area contributed by atoms with Crippen LogP contribution in [0, 0.1) is 5.92 Å². The average molecular weight is 644 g/mol. The SMILES string of the molecule is CC(C)C[C@H](NC(=O)OCc1ccccc1)C(=O)N[C@@H](Cc1ccc(O)cc1)C(=O)O.O=C(CBr)CBr. The molecule has 0 saturated carbocycles. The fraction of sp³-hybridized carbons (Fsp3) is 0.385. The number of carbonyl (C=O) groups excluding carboxylic acids is 3. The number of rotatable bonds is 12. The largest absolute Gasteiger partial charge is 0.508 e. The van der Waals surface area contributed by atoms with Gasteiger partial charge in [0.05, 0.1) is 10.7 Å². The predicted molar refractivity (Wildman–Crippen MR) is 147 cm³/mol. The van der Waals surface area contributed by atoms with Crippen molar-refractivity contribution in [2.24, 2.45) is 5.92 Å². The highest BCUT2D eigenvalue weighted by Crippen LogP contribution is 2.12. The third-order valence-corrected chi connectivity index (χ3v) is 6.07. The maximum Gasteiger partial charge on any atom is 0.408 e. The van der Waals surface area contributed by atoms with Crippen LogP contribution in [0.25, 0.3) is 0 Å². The number of ether oxygens (including phenoxy) is 1. The zero-order chi connectivity index (χ0) is 27.8. The molecule has 0 spiro atoms. The van der Waals surface area contributed by atoms with Gasteiger partial charge in [-0.05, 0) is 35.6 Å². The molecule has 4 N–H and O–H groups in total. The van der Waals surface area contributed by atoms with Gasteiger partial charge in [0, 0.05) is 6.42 Å². The van der Waals surface area contributed by atoms with Crippen molar-refractivity contribution < 1.29 is 34.1 Å². The lowest BCUT2D eigenvalue weighted by Crippen LogP contribution is -2.52. The molecule has 0 aromatic heterocycles. The molecule has 37 heavy (non-hydrogen) atoms. The number of halogens is 2. The van der Waals surface area contributed by atoms with Crippen molar-refractivity contribution in [3.63, 3.8) is 0 Å². The summed E-state index contributed by atoms with van der Waals surface area (Å²) in [7, 11) is 0. The van der Waals surface area contributed by atoms with Crippen molar-refractivity contribution in [2.45, 2.75) is 45.4 Å². The molecule has 0 unspecified atom stereocenters. The Labute approximate surface area is 233 Å². The molecule has 2 rings (SSSR count). The van der Waals surface area contributed by atoms with E-state index in [2.05, 4.69) is 42.5 Å². The molecule has 0 bridgehead atoms. The molecule has 2 aromatic carbocycles. The second-order valence-electron chi connectivity index (χ2n) is 8.46. The Morgan fingerprint density at radius 1 is 0.865 bits per heavy atom.